The van der Waals surface area contributed by atoms with Crippen molar-refractivity contribution in [2.45, 2.75) is 10.3 Å². The van der Waals surface area contributed by atoms with Gasteiger partial charge in [0.15, 0.2) is 0 Å². The summed E-state index contributed by atoms with van der Waals surface area (Å²) in [5, 5.41) is 3.50. The molecule has 1 saturated carbocycles. The van der Waals surface area contributed by atoms with Gasteiger partial charge in [0, 0.05) is 21.7 Å². The summed E-state index contributed by atoms with van der Waals surface area (Å²) < 4.78 is 11.9. The second-order valence-corrected chi connectivity index (χ2v) is 7.88. The Morgan fingerprint density at radius 2 is 1.75 bits per heavy atom. The smallest absolute Gasteiger partial charge is 0.231 e. The third-order valence-electron chi connectivity index (χ3n) is 3.84. The molecule has 3 nitrogen and oxygen atoms in total. The van der Waals surface area contributed by atoms with Gasteiger partial charge in [-0.1, -0.05) is 23.2 Å². The average molecular weight is 408 g/mol. The van der Waals surface area contributed by atoms with Crippen LogP contribution in [0, 0.1) is 11.7 Å². The highest BCUT2D eigenvalue weighted by Gasteiger charge is 2.67. The number of carbonyl (C=O) groups is 1. The van der Waals surface area contributed by atoms with Crippen LogP contribution in [0.5, 0.6) is 0 Å². The van der Waals surface area contributed by atoms with Crippen molar-refractivity contribution in [2.75, 3.05) is 11.1 Å². The van der Waals surface area contributed by atoms with Crippen LogP contribution in [-0.2, 0) is 4.79 Å². The quantitative estimate of drug-likeness (QED) is 0.539. The fourth-order valence-corrected chi connectivity index (χ4v) is 4.03. The summed E-state index contributed by atoms with van der Waals surface area (Å²) in [6.45, 7) is 0. The Balaban J connectivity index is 1.81. The average Bonchev–Trinajstić information content (AvgIpc) is 3.05. The molecule has 8 heteroatoms. The highest BCUT2D eigenvalue weighted by molar-refractivity contribution is 6.53. The first-order valence-electron chi connectivity index (χ1n) is 6.90. The Kier molecular flexibility index (Phi) is 4.60. The molecule has 24 heavy (non-hydrogen) atoms. The largest absolute Gasteiger partial charge is 0.396 e. The Morgan fingerprint density at radius 3 is 2.33 bits per heavy atom. The SMILES string of the molecule is Nc1cc(NC(=O)[C@H]2[C@H](c3cc(Cl)cc(Cl)c3)C2(Cl)Cl)ccc1F. The number of hydrogen-bond donors (Lipinski definition) is 2. The van der Waals surface area contributed by atoms with Crippen LogP contribution in [0.3, 0.4) is 0 Å². The number of benzene rings is 2. The van der Waals surface area contributed by atoms with Crippen LogP contribution in [0.4, 0.5) is 15.8 Å². The van der Waals surface area contributed by atoms with Gasteiger partial charge in [0.2, 0.25) is 5.91 Å². The molecule has 0 aliphatic heterocycles. The minimum absolute atomic E-state index is 0.0650. The molecule has 1 aliphatic carbocycles. The van der Waals surface area contributed by atoms with E-state index in [1.165, 1.54) is 18.2 Å². The van der Waals surface area contributed by atoms with Crippen molar-refractivity contribution in [1.29, 1.82) is 0 Å². The van der Waals surface area contributed by atoms with Gasteiger partial charge in [0.1, 0.15) is 10.2 Å². The lowest BCUT2D eigenvalue weighted by Gasteiger charge is -2.06. The van der Waals surface area contributed by atoms with Gasteiger partial charge >= 0.3 is 0 Å². The molecule has 2 aromatic carbocycles. The first-order valence-corrected chi connectivity index (χ1v) is 8.41. The summed E-state index contributed by atoms with van der Waals surface area (Å²) in [6, 6.07) is 8.81. The lowest BCUT2D eigenvalue weighted by molar-refractivity contribution is -0.117. The molecular formula is C16H11Cl4FN2O. The third-order valence-corrected chi connectivity index (χ3v) is 5.22. The van der Waals surface area contributed by atoms with Crippen LogP contribution in [0.1, 0.15) is 11.5 Å². The zero-order valence-corrected chi connectivity index (χ0v) is 15.0. The molecule has 126 valence electrons. The summed E-state index contributed by atoms with van der Waals surface area (Å²) in [4.78, 5) is 12.5. The molecule has 3 N–H and O–H groups in total. The summed E-state index contributed by atoms with van der Waals surface area (Å²) in [6.07, 6.45) is 0. The first kappa shape index (κ1) is 17.6. The lowest BCUT2D eigenvalue weighted by atomic mass is 10.1. The third kappa shape index (κ3) is 3.29. The number of rotatable bonds is 3. The second kappa shape index (κ2) is 6.26. The molecule has 1 amide bonds. The summed E-state index contributed by atoms with van der Waals surface area (Å²) in [5.74, 6) is -2.10. The summed E-state index contributed by atoms with van der Waals surface area (Å²) in [7, 11) is 0. The fraction of sp³-hybridized carbons (Fsp3) is 0.188. The molecule has 0 unspecified atom stereocenters. The van der Waals surface area contributed by atoms with Crippen LogP contribution in [0.25, 0.3) is 0 Å². The Bertz CT molecular complexity index is 807. The maximum Gasteiger partial charge on any atom is 0.231 e. The number of nitrogen functional groups attached to an aromatic ring is 1. The Hall–Kier alpha value is -1.20. The maximum atomic E-state index is 13.2. The zero-order valence-electron chi connectivity index (χ0n) is 12.0. The first-order chi connectivity index (χ1) is 11.2. The molecule has 0 aromatic heterocycles. The Labute approximate surface area is 157 Å². The van der Waals surface area contributed by atoms with Crippen LogP contribution < -0.4 is 11.1 Å². The van der Waals surface area contributed by atoms with E-state index in [4.69, 9.17) is 52.1 Å². The van der Waals surface area contributed by atoms with Crippen molar-refractivity contribution >= 4 is 63.7 Å². The molecule has 0 saturated heterocycles. The van der Waals surface area contributed by atoms with Crippen molar-refractivity contribution in [3.63, 3.8) is 0 Å². The van der Waals surface area contributed by atoms with Gasteiger partial charge in [-0.2, -0.15) is 0 Å². The monoisotopic (exact) mass is 406 g/mol. The van der Waals surface area contributed by atoms with Crippen molar-refractivity contribution in [3.8, 4) is 0 Å². The lowest BCUT2D eigenvalue weighted by Crippen LogP contribution is -2.17. The van der Waals surface area contributed by atoms with Gasteiger partial charge in [0.05, 0.1) is 11.6 Å². The number of nitrogens with one attached hydrogen (secondary N) is 1. The van der Waals surface area contributed by atoms with E-state index in [2.05, 4.69) is 5.32 Å². The van der Waals surface area contributed by atoms with Crippen molar-refractivity contribution in [1.82, 2.24) is 0 Å². The number of hydrogen-bond acceptors (Lipinski definition) is 2. The minimum Gasteiger partial charge on any atom is -0.396 e. The molecule has 0 spiro atoms. The number of carbonyl (C=O) groups excluding carboxylic acids is 1. The molecule has 2 aromatic rings. The van der Waals surface area contributed by atoms with Crippen molar-refractivity contribution in [2.24, 2.45) is 5.92 Å². The zero-order chi connectivity index (χ0) is 17.6. The van der Waals surface area contributed by atoms with Gasteiger partial charge in [-0.25, -0.2) is 4.39 Å². The van der Waals surface area contributed by atoms with E-state index in [1.807, 2.05) is 0 Å². The van der Waals surface area contributed by atoms with Gasteiger partial charge in [-0.3, -0.25) is 4.79 Å². The highest BCUT2D eigenvalue weighted by Crippen LogP contribution is 2.65. The van der Waals surface area contributed by atoms with Crippen LogP contribution in [0.2, 0.25) is 10.0 Å². The van der Waals surface area contributed by atoms with E-state index in [-0.39, 0.29) is 5.69 Å². The van der Waals surface area contributed by atoms with Gasteiger partial charge in [-0.15, -0.1) is 23.2 Å². The van der Waals surface area contributed by atoms with E-state index in [9.17, 15) is 9.18 Å². The van der Waals surface area contributed by atoms with E-state index >= 15 is 0 Å². The molecule has 0 heterocycles. The minimum atomic E-state index is -1.27. The predicted molar refractivity (Wildman–Crippen MR) is 96.6 cm³/mol. The Morgan fingerprint density at radius 1 is 1.12 bits per heavy atom. The molecule has 2 atom stereocenters. The summed E-state index contributed by atoms with van der Waals surface area (Å²) >= 11 is 24.5. The molecule has 0 radical (unpaired) electrons. The fourth-order valence-electron chi connectivity index (χ4n) is 2.66. The van der Waals surface area contributed by atoms with Gasteiger partial charge in [0.25, 0.3) is 0 Å². The van der Waals surface area contributed by atoms with E-state index in [0.717, 1.165) is 0 Å². The molecule has 1 fully saturated rings. The molecule has 3 rings (SSSR count). The van der Waals surface area contributed by atoms with Crippen molar-refractivity contribution < 1.29 is 9.18 Å². The number of alkyl halides is 2. The van der Waals surface area contributed by atoms with Crippen LogP contribution in [-0.4, -0.2) is 10.2 Å². The normalized spacial score (nSPS) is 21.4. The summed E-state index contributed by atoms with van der Waals surface area (Å²) in [5.41, 5.74) is 6.46. The standard InChI is InChI=1S/C16H11Cl4FN2O/c17-8-3-7(4-9(18)5-8)13-14(16(13,19)20)15(24)23-10-1-2-11(21)12(22)6-10/h1-6,13-14H,22H2,(H,23,24)/t13-,14+/m0/s1. The number of nitrogens with two attached hydrogens (primary N) is 1. The highest BCUT2D eigenvalue weighted by atomic mass is 35.5. The topological polar surface area (TPSA) is 55.1 Å². The van der Waals surface area contributed by atoms with Crippen LogP contribution >= 0.6 is 46.4 Å². The molecule has 1 aliphatic rings. The predicted octanol–water partition coefficient (Wildman–Crippen LogP) is 5.24. The number of anilines is 2. The van der Waals surface area contributed by atoms with Crippen molar-refractivity contribution in [3.05, 3.63) is 57.8 Å². The maximum absolute atomic E-state index is 13.2. The number of halogens is 5. The molecule has 0 bridgehead atoms. The second-order valence-electron chi connectivity index (χ2n) is 5.56. The van der Waals surface area contributed by atoms with E-state index in [0.29, 0.717) is 21.3 Å². The van der Waals surface area contributed by atoms with Gasteiger partial charge < -0.3 is 11.1 Å². The van der Waals surface area contributed by atoms with E-state index in [1.54, 1.807) is 18.2 Å². The van der Waals surface area contributed by atoms with Gasteiger partial charge in [-0.05, 0) is 42.0 Å². The molecular weight excluding hydrogens is 397 g/mol. The van der Waals surface area contributed by atoms with E-state index < -0.39 is 27.9 Å². The van der Waals surface area contributed by atoms with Crippen LogP contribution in [0.15, 0.2) is 36.4 Å². The number of amides is 1.